The first-order valence-corrected chi connectivity index (χ1v) is 14.0. The average molecular weight is 528 g/mol. The summed E-state index contributed by atoms with van der Waals surface area (Å²) in [5.41, 5.74) is 5.60. The van der Waals surface area contributed by atoms with Gasteiger partial charge in [0.1, 0.15) is 18.0 Å². The van der Waals surface area contributed by atoms with Gasteiger partial charge < -0.3 is 14.4 Å². The van der Waals surface area contributed by atoms with E-state index in [0.717, 1.165) is 71.9 Å². The molecule has 6 nitrogen and oxygen atoms in total. The molecule has 0 spiro atoms. The first-order valence-electron chi connectivity index (χ1n) is 14.0. The molecule has 206 valence electrons. The van der Waals surface area contributed by atoms with Gasteiger partial charge >= 0.3 is 6.09 Å². The number of aryl methyl sites for hydroxylation is 1. The van der Waals surface area contributed by atoms with E-state index in [1.54, 1.807) is 0 Å². The van der Waals surface area contributed by atoms with E-state index in [2.05, 4.69) is 43.3 Å². The molecule has 1 atom stereocenters. The number of rotatable bonds is 8. The van der Waals surface area contributed by atoms with Crippen molar-refractivity contribution in [3.8, 4) is 5.75 Å². The van der Waals surface area contributed by atoms with Crippen molar-refractivity contribution in [2.45, 2.75) is 78.4 Å². The van der Waals surface area contributed by atoms with Crippen LogP contribution in [0.5, 0.6) is 5.75 Å². The molecule has 2 aromatic carbocycles. The number of pyridine rings is 1. The maximum atomic E-state index is 12.7. The van der Waals surface area contributed by atoms with E-state index in [-0.39, 0.29) is 12.0 Å². The van der Waals surface area contributed by atoms with Crippen LogP contribution in [0.25, 0.3) is 0 Å². The number of aliphatic imine (C=N–C) groups is 1. The molecule has 0 aliphatic carbocycles. The Morgan fingerprint density at radius 2 is 1.79 bits per heavy atom. The molecule has 1 aromatic heterocycles. The number of amides is 1. The van der Waals surface area contributed by atoms with Crippen molar-refractivity contribution in [3.63, 3.8) is 0 Å². The summed E-state index contributed by atoms with van der Waals surface area (Å²) >= 11 is 0. The van der Waals surface area contributed by atoms with E-state index in [1.165, 1.54) is 0 Å². The maximum absolute atomic E-state index is 12.7. The van der Waals surface area contributed by atoms with E-state index in [4.69, 9.17) is 19.5 Å². The van der Waals surface area contributed by atoms with Gasteiger partial charge in [-0.3, -0.25) is 9.98 Å². The van der Waals surface area contributed by atoms with E-state index in [1.807, 2.05) is 62.9 Å². The van der Waals surface area contributed by atoms with Gasteiger partial charge in [0, 0.05) is 30.4 Å². The number of hydrogen-bond donors (Lipinski definition) is 0. The van der Waals surface area contributed by atoms with Crippen LogP contribution in [0.1, 0.15) is 82.3 Å². The van der Waals surface area contributed by atoms with Crippen LogP contribution < -0.4 is 4.74 Å². The average Bonchev–Trinajstić information content (AvgIpc) is 2.93. The molecule has 4 rings (SSSR count). The van der Waals surface area contributed by atoms with Crippen LogP contribution in [-0.2, 0) is 17.8 Å². The molecule has 1 aliphatic heterocycles. The van der Waals surface area contributed by atoms with Crippen LogP contribution in [0, 0.1) is 0 Å². The summed E-state index contributed by atoms with van der Waals surface area (Å²) in [5, 5.41) is 0. The highest BCUT2D eigenvalue weighted by Crippen LogP contribution is 2.30. The molecular weight excluding hydrogens is 486 g/mol. The molecule has 1 amide bonds. The Morgan fingerprint density at radius 1 is 1.05 bits per heavy atom. The number of nitrogens with zero attached hydrogens (tertiary/aromatic N) is 3. The Morgan fingerprint density at radius 3 is 2.49 bits per heavy atom. The zero-order chi connectivity index (χ0) is 27.8. The highest BCUT2D eigenvalue weighted by atomic mass is 16.6. The molecule has 1 aliphatic rings. The van der Waals surface area contributed by atoms with Crippen molar-refractivity contribution in [3.05, 3.63) is 89.2 Å². The Balaban J connectivity index is 1.45. The minimum absolute atomic E-state index is 0.201. The monoisotopic (exact) mass is 527 g/mol. The lowest BCUT2D eigenvalue weighted by molar-refractivity contribution is 0.0197. The van der Waals surface area contributed by atoms with Gasteiger partial charge in [-0.25, -0.2) is 4.79 Å². The Labute approximate surface area is 233 Å². The second kappa shape index (κ2) is 12.9. The lowest BCUT2D eigenvalue weighted by atomic mass is 9.94. The summed E-state index contributed by atoms with van der Waals surface area (Å²) in [6.45, 7) is 11.8. The van der Waals surface area contributed by atoms with Crippen LogP contribution in [0.15, 0.2) is 71.7 Å². The van der Waals surface area contributed by atoms with Crippen molar-refractivity contribution >= 4 is 17.5 Å². The van der Waals surface area contributed by atoms with E-state index in [0.29, 0.717) is 13.2 Å². The zero-order valence-electron chi connectivity index (χ0n) is 23.9. The van der Waals surface area contributed by atoms with Crippen LogP contribution in [0.3, 0.4) is 0 Å². The van der Waals surface area contributed by atoms with Gasteiger partial charge in [0.2, 0.25) is 0 Å². The van der Waals surface area contributed by atoms with Gasteiger partial charge in [0.25, 0.3) is 0 Å². The zero-order valence-corrected chi connectivity index (χ0v) is 23.9. The fourth-order valence-electron chi connectivity index (χ4n) is 4.74. The topological polar surface area (TPSA) is 64.0 Å². The van der Waals surface area contributed by atoms with Crippen molar-refractivity contribution in [2.75, 3.05) is 13.1 Å². The predicted molar refractivity (Wildman–Crippen MR) is 157 cm³/mol. The van der Waals surface area contributed by atoms with Crippen molar-refractivity contribution < 1.29 is 14.3 Å². The van der Waals surface area contributed by atoms with E-state index < -0.39 is 5.60 Å². The highest BCUT2D eigenvalue weighted by molar-refractivity contribution is 6.00. The van der Waals surface area contributed by atoms with Gasteiger partial charge in [-0.05, 0) is 82.3 Å². The molecule has 1 fully saturated rings. The SMILES string of the molecule is CCCc1nc(C2CCCN(C(=O)OC(C)(C)C)C2)ccc1N=C(C)c1ccc(COc2ccccc2)cc1. The third-order valence-corrected chi connectivity index (χ3v) is 6.76. The van der Waals surface area contributed by atoms with Crippen molar-refractivity contribution in [2.24, 2.45) is 4.99 Å². The number of carbonyl (C=O) groups excluding carboxylic acids is 1. The highest BCUT2D eigenvalue weighted by Gasteiger charge is 2.29. The lowest BCUT2D eigenvalue weighted by Gasteiger charge is -2.34. The summed E-state index contributed by atoms with van der Waals surface area (Å²) in [6, 6.07) is 22.4. The molecule has 2 heterocycles. The molecule has 0 saturated carbocycles. The molecule has 1 saturated heterocycles. The smallest absolute Gasteiger partial charge is 0.410 e. The second-order valence-corrected chi connectivity index (χ2v) is 11.2. The third-order valence-electron chi connectivity index (χ3n) is 6.76. The molecule has 0 N–H and O–H groups in total. The number of para-hydroxylation sites is 1. The quantitative estimate of drug-likeness (QED) is 0.280. The van der Waals surface area contributed by atoms with Crippen LogP contribution in [0.2, 0.25) is 0 Å². The third kappa shape index (κ3) is 8.16. The van der Waals surface area contributed by atoms with Crippen molar-refractivity contribution in [1.82, 2.24) is 9.88 Å². The number of ether oxygens (including phenoxy) is 2. The molecule has 0 bridgehead atoms. The summed E-state index contributed by atoms with van der Waals surface area (Å²) in [4.78, 5) is 24.5. The second-order valence-electron chi connectivity index (χ2n) is 11.2. The number of likely N-dealkylation sites (tertiary alicyclic amines) is 1. The summed E-state index contributed by atoms with van der Waals surface area (Å²) < 4.78 is 11.5. The Kier molecular flexibility index (Phi) is 9.39. The normalized spacial score (nSPS) is 16.2. The number of aromatic nitrogens is 1. The van der Waals surface area contributed by atoms with Gasteiger partial charge in [0.15, 0.2) is 0 Å². The number of carbonyl (C=O) groups is 1. The maximum Gasteiger partial charge on any atom is 0.410 e. The number of hydrogen-bond acceptors (Lipinski definition) is 5. The standard InChI is InChI=1S/C33H41N3O3/c1-6-11-30-31(20-19-29(35-30)27-12-10-21-36(22-27)32(37)39-33(3,4)5)34-24(2)26-17-15-25(16-18-26)23-38-28-13-8-7-9-14-28/h7-9,13-20,27H,6,10-12,21-23H2,1-5H3. The fourth-order valence-corrected chi connectivity index (χ4v) is 4.74. The fraction of sp³-hybridized carbons (Fsp3) is 0.424. The molecule has 6 heteroatoms. The van der Waals surface area contributed by atoms with Crippen LogP contribution in [0.4, 0.5) is 10.5 Å². The molecule has 1 unspecified atom stereocenters. The number of benzene rings is 2. The van der Waals surface area contributed by atoms with Gasteiger partial charge in [-0.1, -0.05) is 55.8 Å². The Hall–Kier alpha value is -3.67. The molecule has 39 heavy (non-hydrogen) atoms. The largest absolute Gasteiger partial charge is 0.489 e. The van der Waals surface area contributed by atoms with Crippen LogP contribution >= 0.6 is 0 Å². The first kappa shape index (κ1) is 28.3. The molecule has 3 aromatic rings. The van der Waals surface area contributed by atoms with Gasteiger partial charge in [-0.15, -0.1) is 0 Å². The van der Waals surface area contributed by atoms with Gasteiger partial charge in [-0.2, -0.15) is 0 Å². The number of piperidine rings is 1. The first-order chi connectivity index (χ1) is 18.7. The van der Waals surface area contributed by atoms with E-state index >= 15 is 0 Å². The van der Waals surface area contributed by atoms with Gasteiger partial charge in [0.05, 0.1) is 11.4 Å². The summed E-state index contributed by atoms with van der Waals surface area (Å²) in [5.74, 6) is 1.07. The molecule has 0 radical (unpaired) electrons. The summed E-state index contributed by atoms with van der Waals surface area (Å²) in [7, 11) is 0. The lowest BCUT2D eigenvalue weighted by Crippen LogP contribution is -2.42. The minimum Gasteiger partial charge on any atom is -0.489 e. The van der Waals surface area contributed by atoms with E-state index in [9.17, 15) is 4.79 Å². The Bertz CT molecular complexity index is 1260. The van der Waals surface area contributed by atoms with Crippen molar-refractivity contribution in [1.29, 1.82) is 0 Å². The predicted octanol–water partition coefficient (Wildman–Crippen LogP) is 7.87. The van der Waals surface area contributed by atoms with Crippen LogP contribution in [-0.4, -0.2) is 40.4 Å². The summed E-state index contributed by atoms with van der Waals surface area (Å²) in [6.07, 6.45) is 3.57. The molecular formula is C33H41N3O3. The minimum atomic E-state index is -0.496.